The number of hydrogen-bond acceptors (Lipinski definition) is 7. The lowest BCUT2D eigenvalue weighted by atomic mass is 10.1. The van der Waals surface area contributed by atoms with Crippen molar-refractivity contribution in [2.24, 2.45) is 5.10 Å². The first-order valence-corrected chi connectivity index (χ1v) is 10.2. The van der Waals surface area contributed by atoms with Gasteiger partial charge in [0.05, 0.1) is 13.3 Å². The van der Waals surface area contributed by atoms with Gasteiger partial charge in [0.1, 0.15) is 0 Å². The van der Waals surface area contributed by atoms with Crippen molar-refractivity contribution < 1.29 is 14.6 Å². The van der Waals surface area contributed by atoms with Crippen molar-refractivity contribution in [1.29, 1.82) is 0 Å². The number of methoxy groups -OCH3 is 1. The van der Waals surface area contributed by atoms with Crippen LogP contribution in [0.2, 0.25) is 0 Å². The Kier molecular flexibility index (Phi) is 7.03. The number of nitrogens with one attached hydrogen (secondary N) is 1. The molecule has 154 valence electrons. The lowest BCUT2D eigenvalue weighted by molar-refractivity contribution is 0.0955. The van der Waals surface area contributed by atoms with Crippen molar-refractivity contribution in [2.75, 3.05) is 7.11 Å². The number of hydrazone groups is 1. The predicted octanol–water partition coefficient (Wildman–Crippen LogP) is 3.86. The molecule has 2 aromatic carbocycles. The molecule has 1 heterocycles. The molecule has 0 saturated heterocycles. The second-order valence-electron chi connectivity index (χ2n) is 6.55. The van der Waals surface area contributed by atoms with E-state index < -0.39 is 0 Å². The van der Waals surface area contributed by atoms with E-state index in [0.717, 1.165) is 22.1 Å². The average Bonchev–Trinajstić information content (AvgIpc) is 2.72. The maximum atomic E-state index is 12.2. The SMILES string of the molecule is COc1ccc(/C=N\NC(=O)c2ccc(CSc3nc(C)cc(C)n3)cc2)cc1O. The van der Waals surface area contributed by atoms with Gasteiger partial charge in [-0.1, -0.05) is 23.9 Å². The molecule has 1 amide bonds. The summed E-state index contributed by atoms with van der Waals surface area (Å²) in [6.07, 6.45) is 1.45. The highest BCUT2D eigenvalue weighted by molar-refractivity contribution is 7.98. The molecule has 0 aliphatic carbocycles. The Labute approximate surface area is 179 Å². The van der Waals surface area contributed by atoms with Gasteiger partial charge in [-0.15, -0.1) is 0 Å². The zero-order valence-electron chi connectivity index (χ0n) is 16.9. The first-order chi connectivity index (χ1) is 14.4. The van der Waals surface area contributed by atoms with Gasteiger partial charge < -0.3 is 9.84 Å². The lowest BCUT2D eigenvalue weighted by Gasteiger charge is -2.05. The number of aromatic hydroxyl groups is 1. The van der Waals surface area contributed by atoms with Crippen LogP contribution in [0.4, 0.5) is 0 Å². The molecule has 1 aromatic heterocycles. The van der Waals surface area contributed by atoms with E-state index in [4.69, 9.17) is 4.74 Å². The Morgan fingerprint density at radius 1 is 1.13 bits per heavy atom. The molecule has 0 atom stereocenters. The van der Waals surface area contributed by atoms with E-state index in [1.165, 1.54) is 19.4 Å². The molecule has 0 saturated carbocycles. The number of ether oxygens (including phenoxy) is 1. The molecular formula is C22H22N4O3S. The number of carbonyl (C=O) groups excluding carboxylic acids is 1. The number of carbonyl (C=O) groups is 1. The fraction of sp³-hybridized carbons (Fsp3) is 0.182. The topological polar surface area (TPSA) is 96.7 Å². The number of hydrogen-bond donors (Lipinski definition) is 2. The van der Waals surface area contributed by atoms with Crippen LogP contribution in [0.3, 0.4) is 0 Å². The molecule has 0 aliphatic rings. The van der Waals surface area contributed by atoms with Gasteiger partial charge in [-0.25, -0.2) is 15.4 Å². The number of nitrogens with zero attached hydrogens (tertiary/aromatic N) is 3. The van der Waals surface area contributed by atoms with Crippen LogP contribution in [0, 0.1) is 13.8 Å². The van der Waals surface area contributed by atoms with Crippen molar-refractivity contribution in [2.45, 2.75) is 24.8 Å². The molecule has 2 N–H and O–H groups in total. The summed E-state index contributed by atoms with van der Waals surface area (Å²) in [5.41, 5.74) is 6.57. The van der Waals surface area contributed by atoms with Gasteiger partial charge in [0, 0.05) is 22.7 Å². The van der Waals surface area contributed by atoms with E-state index in [2.05, 4.69) is 20.5 Å². The van der Waals surface area contributed by atoms with Crippen molar-refractivity contribution in [3.05, 3.63) is 76.6 Å². The monoisotopic (exact) mass is 422 g/mol. The Morgan fingerprint density at radius 2 is 1.83 bits per heavy atom. The van der Waals surface area contributed by atoms with E-state index in [-0.39, 0.29) is 11.7 Å². The molecule has 3 aromatic rings. The van der Waals surface area contributed by atoms with E-state index in [9.17, 15) is 9.90 Å². The number of phenols is 1. The minimum atomic E-state index is -0.319. The second kappa shape index (κ2) is 9.89. The zero-order valence-corrected chi connectivity index (χ0v) is 17.7. The van der Waals surface area contributed by atoms with E-state index in [1.54, 1.807) is 36.0 Å². The molecule has 7 nitrogen and oxygen atoms in total. The fourth-order valence-corrected chi connectivity index (χ4v) is 3.58. The molecule has 0 unspecified atom stereocenters. The number of aryl methyl sites for hydroxylation is 2. The molecule has 0 fully saturated rings. The standard InChI is InChI=1S/C22H22N4O3S/c1-14-10-15(2)25-22(24-14)30-13-16-4-7-18(8-5-16)21(28)26-23-12-17-6-9-20(29-3)19(27)11-17/h4-12,27H,13H2,1-3H3,(H,26,28)/b23-12-. The third-order valence-corrected chi connectivity index (χ3v) is 5.05. The summed E-state index contributed by atoms with van der Waals surface area (Å²) in [6, 6.07) is 14.1. The first-order valence-electron chi connectivity index (χ1n) is 9.19. The highest BCUT2D eigenvalue weighted by Gasteiger charge is 2.06. The summed E-state index contributed by atoms with van der Waals surface area (Å²) in [6.45, 7) is 3.90. The van der Waals surface area contributed by atoms with Crippen LogP contribution in [0.1, 0.15) is 32.9 Å². The van der Waals surface area contributed by atoms with Crippen LogP contribution in [0.25, 0.3) is 0 Å². The van der Waals surface area contributed by atoms with E-state index in [0.29, 0.717) is 22.6 Å². The van der Waals surface area contributed by atoms with Crippen LogP contribution in [-0.4, -0.2) is 34.3 Å². The van der Waals surface area contributed by atoms with Crippen molar-refractivity contribution in [1.82, 2.24) is 15.4 Å². The predicted molar refractivity (Wildman–Crippen MR) is 117 cm³/mol. The Morgan fingerprint density at radius 3 is 2.47 bits per heavy atom. The maximum absolute atomic E-state index is 12.2. The smallest absolute Gasteiger partial charge is 0.271 e. The summed E-state index contributed by atoms with van der Waals surface area (Å²) >= 11 is 1.56. The number of aromatic nitrogens is 2. The largest absolute Gasteiger partial charge is 0.504 e. The van der Waals surface area contributed by atoms with Crippen LogP contribution >= 0.6 is 11.8 Å². The number of benzene rings is 2. The minimum absolute atomic E-state index is 0.00691. The third kappa shape index (κ3) is 5.81. The van der Waals surface area contributed by atoms with Gasteiger partial charge in [0.25, 0.3) is 5.91 Å². The normalized spacial score (nSPS) is 10.9. The summed E-state index contributed by atoms with van der Waals surface area (Å²) in [5.74, 6) is 0.774. The van der Waals surface area contributed by atoms with Crippen molar-refractivity contribution in [3.8, 4) is 11.5 Å². The minimum Gasteiger partial charge on any atom is -0.504 e. The van der Waals surface area contributed by atoms with Gasteiger partial charge in [-0.3, -0.25) is 4.79 Å². The van der Waals surface area contributed by atoms with Crippen LogP contribution in [-0.2, 0) is 5.75 Å². The van der Waals surface area contributed by atoms with Crippen molar-refractivity contribution >= 4 is 23.9 Å². The fourth-order valence-electron chi connectivity index (χ4n) is 2.68. The highest BCUT2D eigenvalue weighted by Crippen LogP contribution is 2.25. The number of thioether (sulfide) groups is 1. The summed E-state index contributed by atoms with van der Waals surface area (Å²) in [7, 11) is 1.48. The molecule has 0 bridgehead atoms. The Bertz CT molecular complexity index is 1050. The summed E-state index contributed by atoms with van der Waals surface area (Å²) < 4.78 is 4.99. The summed E-state index contributed by atoms with van der Waals surface area (Å²) in [4.78, 5) is 21.1. The maximum Gasteiger partial charge on any atom is 0.271 e. The molecular weight excluding hydrogens is 400 g/mol. The van der Waals surface area contributed by atoms with Crippen molar-refractivity contribution in [3.63, 3.8) is 0 Å². The number of rotatable bonds is 7. The number of amides is 1. The number of phenolic OH excluding ortho intramolecular Hbond substituents is 1. The van der Waals surface area contributed by atoms with Gasteiger partial charge >= 0.3 is 0 Å². The average molecular weight is 423 g/mol. The molecule has 0 spiro atoms. The quantitative estimate of drug-likeness (QED) is 0.260. The Balaban J connectivity index is 1.55. The molecule has 3 rings (SSSR count). The zero-order chi connectivity index (χ0) is 21.5. The second-order valence-corrected chi connectivity index (χ2v) is 7.49. The lowest BCUT2D eigenvalue weighted by Crippen LogP contribution is -2.17. The molecule has 0 aliphatic heterocycles. The molecule has 8 heteroatoms. The van der Waals surface area contributed by atoms with Gasteiger partial charge in [0.2, 0.25) is 0 Å². The Hall–Kier alpha value is -3.39. The molecule has 30 heavy (non-hydrogen) atoms. The third-order valence-electron chi connectivity index (χ3n) is 4.13. The van der Waals surface area contributed by atoms with Gasteiger partial charge in [-0.2, -0.15) is 5.10 Å². The first kappa shape index (κ1) is 21.3. The van der Waals surface area contributed by atoms with Gasteiger partial charge in [0.15, 0.2) is 16.7 Å². The van der Waals surface area contributed by atoms with Crippen LogP contribution < -0.4 is 10.2 Å². The molecule has 0 radical (unpaired) electrons. The van der Waals surface area contributed by atoms with Crippen LogP contribution in [0.15, 0.2) is 58.8 Å². The van der Waals surface area contributed by atoms with Crippen LogP contribution in [0.5, 0.6) is 11.5 Å². The van der Waals surface area contributed by atoms with Gasteiger partial charge in [-0.05, 0) is 61.4 Å². The highest BCUT2D eigenvalue weighted by atomic mass is 32.2. The summed E-state index contributed by atoms with van der Waals surface area (Å²) in [5, 5.41) is 14.4. The van der Waals surface area contributed by atoms with E-state index in [1.807, 2.05) is 32.0 Å². The van der Waals surface area contributed by atoms with E-state index >= 15 is 0 Å².